The number of hydrogen-bond donors (Lipinski definition) is 2. The first-order valence-electron chi connectivity index (χ1n) is 8.24. The van der Waals surface area contributed by atoms with Crippen molar-refractivity contribution in [2.45, 2.75) is 43.4 Å². The first-order valence-corrected chi connectivity index (χ1v) is 10.8. The van der Waals surface area contributed by atoms with Crippen molar-refractivity contribution in [3.63, 3.8) is 0 Å². The predicted octanol–water partition coefficient (Wildman–Crippen LogP) is 3.81. The lowest BCUT2D eigenvalue weighted by Crippen LogP contribution is -2.17. The molecule has 140 valence electrons. The van der Waals surface area contributed by atoms with E-state index in [1.54, 1.807) is 6.92 Å². The number of carbonyl (C=O) groups is 1. The van der Waals surface area contributed by atoms with E-state index in [0.717, 1.165) is 16.0 Å². The van der Waals surface area contributed by atoms with Crippen molar-refractivity contribution in [3.8, 4) is 0 Å². The van der Waals surface area contributed by atoms with Crippen LogP contribution < -0.4 is 10.5 Å². The second-order valence-corrected chi connectivity index (χ2v) is 9.13. The molecule has 7 heteroatoms. The third-order valence-corrected chi connectivity index (χ3v) is 6.06. The van der Waals surface area contributed by atoms with E-state index < -0.39 is 10.0 Å². The Balaban J connectivity index is 2.07. The van der Waals surface area contributed by atoms with E-state index in [2.05, 4.69) is 31.3 Å². The number of thioether (sulfide) groups is 1. The Hall–Kier alpha value is -1.83. The normalized spacial score (nSPS) is 11.6. The molecule has 2 aromatic rings. The molecule has 26 heavy (non-hydrogen) atoms. The number of aryl methyl sites for hydroxylation is 1. The maximum absolute atomic E-state index is 12.3. The highest BCUT2D eigenvalue weighted by atomic mass is 32.2. The van der Waals surface area contributed by atoms with Gasteiger partial charge in [0.05, 0.1) is 10.6 Å². The van der Waals surface area contributed by atoms with E-state index in [9.17, 15) is 13.2 Å². The molecule has 5 nitrogen and oxygen atoms in total. The van der Waals surface area contributed by atoms with E-state index in [0.29, 0.717) is 11.6 Å². The zero-order chi connectivity index (χ0) is 19.5. The van der Waals surface area contributed by atoms with Gasteiger partial charge in [-0.05, 0) is 60.7 Å². The summed E-state index contributed by atoms with van der Waals surface area (Å²) in [6, 6.07) is 11.0. The fraction of sp³-hybridized carbons (Fsp3) is 0.316. The highest BCUT2D eigenvalue weighted by molar-refractivity contribution is 8.00. The number of rotatable bonds is 6. The molecular weight excluding hydrogens is 368 g/mol. The van der Waals surface area contributed by atoms with Crippen molar-refractivity contribution in [1.29, 1.82) is 0 Å². The van der Waals surface area contributed by atoms with Gasteiger partial charge in [-0.1, -0.05) is 26.0 Å². The molecule has 0 aliphatic carbocycles. The van der Waals surface area contributed by atoms with Gasteiger partial charge in [0.25, 0.3) is 0 Å². The van der Waals surface area contributed by atoms with Gasteiger partial charge in [-0.15, -0.1) is 11.8 Å². The number of carbonyl (C=O) groups excluding carboxylic acids is 1. The number of amides is 1. The number of benzene rings is 2. The van der Waals surface area contributed by atoms with Gasteiger partial charge in [0.1, 0.15) is 0 Å². The first-order chi connectivity index (χ1) is 12.1. The molecule has 0 spiro atoms. The Kier molecular flexibility index (Phi) is 6.49. The molecule has 0 aliphatic heterocycles. The zero-order valence-electron chi connectivity index (χ0n) is 15.4. The second kappa shape index (κ2) is 8.24. The molecule has 0 atom stereocenters. The Morgan fingerprint density at radius 3 is 2.31 bits per heavy atom. The van der Waals surface area contributed by atoms with Crippen LogP contribution in [-0.4, -0.2) is 20.1 Å². The van der Waals surface area contributed by atoms with Gasteiger partial charge in [0.15, 0.2) is 0 Å². The minimum atomic E-state index is -3.82. The second-order valence-electron chi connectivity index (χ2n) is 6.52. The van der Waals surface area contributed by atoms with Crippen molar-refractivity contribution in [2.24, 2.45) is 5.14 Å². The molecule has 3 N–H and O–H groups in total. The van der Waals surface area contributed by atoms with E-state index in [-0.39, 0.29) is 16.6 Å². The number of nitrogens with one attached hydrogen (secondary N) is 1. The van der Waals surface area contributed by atoms with E-state index in [1.807, 2.05) is 19.1 Å². The van der Waals surface area contributed by atoms with Crippen LogP contribution in [0.2, 0.25) is 0 Å². The lowest BCUT2D eigenvalue weighted by atomic mass is 10.0. The highest BCUT2D eigenvalue weighted by Crippen LogP contribution is 2.25. The summed E-state index contributed by atoms with van der Waals surface area (Å²) in [5, 5.41) is 7.98. The topological polar surface area (TPSA) is 89.3 Å². The van der Waals surface area contributed by atoms with Crippen LogP contribution in [0.5, 0.6) is 0 Å². The molecule has 0 unspecified atom stereocenters. The van der Waals surface area contributed by atoms with Crippen molar-refractivity contribution >= 4 is 33.4 Å². The molecule has 0 saturated heterocycles. The summed E-state index contributed by atoms with van der Waals surface area (Å²) in [5.74, 6) is 0.505. The maximum Gasteiger partial charge on any atom is 0.238 e. The summed E-state index contributed by atoms with van der Waals surface area (Å²) in [7, 11) is -3.82. The minimum absolute atomic E-state index is 0.00664. The lowest BCUT2D eigenvalue weighted by Gasteiger charge is -2.13. The van der Waals surface area contributed by atoms with Crippen LogP contribution in [0, 0.1) is 13.8 Å². The Morgan fingerprint density at radius 1 is 1.15 bits per heavy atom. The molecule has 1 amide bonds. The van der Waals surface area contributed by atoms with Crippen molar-refractivity contribution in [3.05, 3.63) is 53.1 Å². The first kappa shape index (κ1) is 20.5. The minimum Gasteiger partial charge on any atom is -0.325 e. The maximum atomic E-state index is 12.3. The molecule has 0 fully saturated rings. The van der Waals surface area contributed by atoms with Gasteiger partial charge in [-0.2, -0.15) is 0 Å². The molecule has 0 aromatic heterocycles. The molecule has 2 aromatic carbocycles. The average Bonchev–Trinajstić information content (AvgIpc) is 2.56. The molecular formula is C19H24N2O3S2. The third kappa shape index (κ3) is 5.33. The van der Waals surface area contributed by atoms with Gasteiger partial charge < -0.3 is 5.32 Å². The zero-order valence-corrected chi connectivity index (χ0v) is 17.0. The van der Waals surface area contributed by atoms with E-state index in [1.165, 1.54) is 29.5 Å². The fourth-order valence-corrected chi connectivity index (χ4v) is 3.73. The predicted molar refractivity (Wildman–Crippen MR) is 107 cm³/mol. The summed E-state index contributed by atoms with van der Waals surface area (Å²) in [4.78, 5) is 13.3. The largest absolute Gasteiger partial charge is 0.325 e. The number of sulfonamides is 1. The standard InChI is InChI=1S/C19H24N2O3S2/c1-12(2)15-5-7-16(8-6-15)25-11-19(22)21-18-10-17(26(20,23)24)9-13(3)14(18)4/h5-10,12H,11H2,1-4H3,(H,21,22)(H2,20,23,24). The summed E-state index contributed by atoms with van der Waals surface area (Å²) >= 11 is 1.43. The number of primary sulfonamides is 1. The molecule has 0 bridgehead atoms. The lowest BCUT2D eigenvalue weighted by molar-refractivity contribution is -0.113. The number of hydrogen-bond acceptors (Lipinski definition) is 4. The molecule has 0 heterocycles. The van der Waals surface area contributed by atoms with Crippen molar-refractivity contribution in [2.75, 3.05) is 11.1 Å². The van der Waals surface area contributed by atoms with Gasteiger partial charge in [0, 0.05) is 10.6 Å². The fourth-order valence-electron chi connectivity index (χ4n) is 2.40. The Morgan fingerprint density at radius 2 is 1.77 bits per heavy atom. The summed E-state index contributed by atoms with van der Waals surface area (Å²) in [6.07, 6.45) is 0. The third-order valence-electron chi connectivity index (χ3n) is 4.16. The van der Waals surface area contributed by atoms with Gasteiger partial charge >= 0.3 is 0 Å². The summed E-state index contributed by atoms with van der Waals surface area (Å²) < 4.78 is 23.2. The molecule has 0 saturated carbocycles. The molecule has 0 aliphatic rings. The van der Waals surface area contributed by atoms with E-state index >= 15 is 0 Å². The van der Waals surface area contributed by atoms with Crippen LogP contribution >= 0.6 is 11.8 Å². The quantitative estimate of drug-likeness (QED) is 0.732. The Bertz CT molecular complexity index is 905. The smallest absolute Gasteiger partial charge is 0.238 e. The monoisotopic (exact) mass is 392 g/mol. The average molecular weight is 393 g/mol. The van der Waals surface area contributed by atoms with E-state index in [4.69, 9.17) is 5.14 Å². The summed E-state index contributed by atoms with van der Waals surface area (Å²) in [5.41, 5.74) is 3.29. The highest BCUT2D eigenvalue weighted by Gasteiger charge is 2.14. The van der Waals surface area contributed by atoms with Crippen LogP contribution in [0.25, 0.3) is 0 Å². The van der Waals surface area contributed by atoms with Gasteiger partial charge in [0.2, 0.25) is 15.9 Å². The van der Waals surface area contributed by atoms with Crippen LogP contribution in [0.15, 0.2) is 46.2 Å². The van der Waals surface area contributed by atoms with Crippen molar-refractivity contribution < 1.29 is 13.2 Å². The number of anilines is 1. The SMILES string of the molecule is Cc1cc(S(N)(=O)=O)cc(NC(=O)CSc2ccc(C(C)C)cc2)c1C. The van der Waals surface area contributed by atoms with Crippen molar-refractivity contribution in [1.82, 2.24) is 0 Å². The molecule has 0 radical (unpaired) electrons. The van der Waals surface area contributed by atoms with Gasteiger partial charge in [-0.25, -0.2) is 13.6 Å². The van der Waals surface area contributed by atoms with Crippen LogP contribution in [0.3, 0.4) is 0 Å². The summed E-state index contributed by atoms with van der Waals surface area (Å²) in [6.45, 7) is 7.88. The van der Waals surface area contributed by atoms with Crippen LogP contribution in [0.4, 0.5) is 5.69 Å². The number of nitrogens with two attached hydrogens (primary N) is 1. The van der Waals surface area contributed by atoms with Gasteiger partial charge in [-0.3, -0.25) is 4.79 Å². The Labute approximate surface area is 159 Å². The van der Waals surface area contributed by atoms with Crippen LogP contribution in [-0.2, 0) is 14.8 Å². The molecule has 2 rings (SSSR count). The van der Waals surface area contributed by atoms with Crippen LogP contribution in [0.1, 0.15) is 36.5 Å².